The Labute approximate surface area is 117 Å². The predicted octanol–water partition coefficient (Wildman–Crippen LogP) is 1.41. The van der Waals surface area contributed by atoms with Gasteiger partial charge in [0.25, 0.3) is 0 Å². The smallest absolute Gasteiger partial charge is 0.305 e. The molecule has 0 aliphatic rings. The Balaban J connectivity index is 2.77. The summed E-state index contributed by atoms with van der Waals surface area (Å²) < 4.78 is 23.0. The van der Waals surface area contributed by atoms with Crippen molar-refractivity contribution in [3.05, 3.63) is 29.6 Å². The molecule has 6 heteroatoms. The van der Waals surface area contributed by atoms with Crippen molar-refractivity contribution in [1.82, 2.24) is 5.32 Å². The normalized spacial score (nSPS) is 13.7. The summed E-state index contributed by atoms with van der Waals surface area (Å²) in [7, 11) is 4.36. The molecule has 0 amide bonds. The van der Waals surface area contributed by atoms with Gasteiger partial charge in [-0.05, 0) is 31.2 Å². The largest absolute Gasteiger partial charge is 0.494 e. The molecule has 0 saturated heterocycles. The van der Waals surface area contributed by atoms with Gasteiger partial charge in [-0.25, -0.2) is 4.39 Å². The first-order valence-electron chi connectivity index (χ1n) is 6.29. The highest BCUT2D eigenvalue weighted by atomic mass is 19.1. The van der Waals surface area contributed by atoms with Crippen molar-refractivity contribution in [2.45, 2.75) is 25.0 Å². The maximum absolute atomic E-state index is 13.6. The van der Waals surface area contributed by atoms with Gasteiger partial charge in [-0.3, -0.25) is 4.79 Å². The van der Waals surface area contributed by atoms with Gasteiger partial charge in [0.2, 0.25) is 0 Å². The third-order valence-electron chi connectivity index (χ3n) is 3.16. The molecule has 0 fully saturated rings. The SMILES string of the molecule is CNC(CCC(=O)OC)C(O)c1ccc(OC)c(F)c1. The second kappa shape index (κ2) is 7.81. The molecule has 0 heterocycles. The molecule has 2 unspecified atom stereocenters. The van der Waals surface area contributed by atoms with Crippen LogP contribution in [0.5, 0.6) is 5.75 Å². The van der Waals surface area contributed by atoms with E-state index < -0.39 is 11.9 Å². The number of ether oxygens (including phenoxy) is 2. The first-order valence-corrected chi connectivity index (χ1v) is 6.29. The van der Waals surface area contributed by atoms with E-state index in [1.54, 1.807) is 13.1 Å². The molecule has 2 N–H and O–H groups in total. The second-order valence-corrected chi connectivity index (χ2v) is 4.35. The molecule has 112 valence electrons. The van der Waals surface area contributed by atoms with E-state index in [1.807, 2.05) is 0 Å². The lowest BCUT2D eigenvalue weighted by Gasteiger charge is -2.22. The predicted molar refractivity (Wildman–Crippen MR) is 72.0 cm³/mol. The van der Waals surface area contributed by atoms with E-state index >= 15 is 0 Å². The molecule has 0 saturated carbocycles. The molecule has 1 aromatic rings. The summed E-state index contributed by atoms with van der Waals surface area (Å²) in [6, 6.07) is 3.91. The average molecular weight is 285 g/mol. The van der Waals surface area contributed by atoms with Gasteiger partial charge in [0, 0.05) is 12.5 Å². The van der Waals surface area contributed by atoms with Gasteiger partial charge >= 0.3 is 5.97 Å². The quantitative estimate of drug-likeness (QED) is 0.741. The van der Waals surface area contributed by atoms with E-state index in [4.69, 9.17) is 4.74 Å². The van der Waals surface area contributed by atoms with Crippen LogP contribution in [0.4, 0.5) is 4.39 Å². The number of likely N-dealkylation sites (N-methyl/N-ethyl adjacent to an activating group) is 1. The number of hydrogen-bond donors (Lipinski definition) is 2. The Morgan fingerprint density at radius 1 is 1.45 bits per heavy atom. The molecular weight excluding hydrogens is 265 g/mol. The zero-order valence-corrected chi connectivity index (χ0v) is 11.9. The molecule has 0 aliphatic heterocycles. The third kappa shape index (κ3) is 4.18. The number of aliphatic hydroxyl groups is 1. The van der Waals surface area contributed by atoms with E-state index in [-0.39, 0.29) is 24.2 Å². The van der Waals surface area contributed by atoms with Crippen molar-refractivity contribution in [3.8, 4) is 5.75 Å². The first kappa shape index (κ1) is 16.4. The zero-order valence-electron chi connectivity index (χ0n) is 11.9. The first-order chi connectivity index (χ1) is 9.53. The highest BCUT2D eigenvalue weighted by Crippen LogP contribution is 2.25. The van der Waals surface area contributed by atoms with E-state index in [2.05, 4.69) is 10.1 Å². The lowest BCUT2D eigenvalue weighted by Crippen LogP contribution is -2.32. The van der Waals surface area contributed by atoms with Crippen LogP contribution in [0, 0.1) is 5.82 Å². The van der Waals surface area contributed by atoms with Crippen LogP contribution < -0.4 is 10.1 Å². The fraction of sp³-hybridized carbons (Fsp3) is 0.500. The highest BCUT2D eigenvalue weighted by molar-refractivity contribution is 5.69. The van der Waals surface area contributed by atoms with Crippen LogP contribution in [0.25, 0.3) is 0 Å². The van der Waals surface area contributed by atoms with E-state index in [1.165, 1.54) is 26.4 Å². The molecule has 0 aliphatic carbocycles. The van der Waals surface area contributed by atoms with Gasteiger partial charge in [0.05, 0.1) is 20.3 Å². The minimum atomic E-state index is -0.926. The molecule has 1 rings (SSSR count). The van der Waals surface area contributed by atoms with Crippen molar-refractivity contribution in [1.29, 1.82) is 0 Å². The maximum atomic E-state index is 13.6. The molecule has 2 atom stereocenters. The van der Waals surface area contributed by atoms with Gasteiger partial charge < -0.3 is 19.9 Å². The van der Waals surface area contributed by atoms with Crippen molar-refractivity contribution in [2.75, 3.05) is 21.3 Å². The Morgan fingerprint density at radius 2 is 2.15 bits per heavy atom. The number of carbonyl (C=O) groups is 1. The lowest BCUT2D eigenvalue weighted by molar-refractivity contribution is -0.140. The number of hydrogen-bond acceptors (Lipinski definition) is 5. The molecule has 20 heavy (non-hydrogen) atoms. The molecule has 0 bridgehead atoms. The number of methoxy groups -OCH3 is 2. The molecule has 5 nitrogen and oxygen atoms in total. The van der Waals surface area contributed by atoms with Crippen LogP contribution in [0.15, 0.2) is 18.2 Å². The molecular formula is C14H20FNO4. The number of rotatable bonds is 7. The minimum Gasteiger partial charge on any atom is -0.494 e. The minimum absolute atomic E-state index is 0.122. The Kier molecular flexibility index (Phi) is 6.41. The second-order valence-electron chi connectivity index (χ2n) is 4.35. The van der Waals surface area contributed by atoms with Crippen molar-refractivity contribution < 1.29 is 23.8 Å². The summed E-state index contributed by atoms with van der Waals surface area (Å²) in [6.45, 7) is 0. The fourth-order valence-corrected chi connectivity index (χ4v) is 1.93. The summed E-state index contributed by atoms with van der Waals surface area (Å²) >= 11 is 0. The Bertz CT molecular complexity index is 453. The maximum Gasteiger partial charge on any atom is 0.305 e. The molecule has 0 aromatic heterocycles. The van der Waals surface area contributed by atoms with E-state index in [0.717, 1.165) is 0 Å². The standard InChI is InChI=1S/C14H20FNO4/c1-16-11(5-7-13(17)20-3)14(18)9-4-6-12(19-2)10(15)8-9/h4,6,8,11,14,16,18H,5,7H2,1-3H3. The van der Waals surface area contributed by atoms with Gasteiger partial charge in [-0.2, -0.15) is 0 Å². The van der Waals surface area contributed by atoms with E-state index in [9.17, 15) is 14.3 Å². The summed E-state index contributed by atoms with van der Waals surface area (Å²) in [5.41, 5.74) is 0.424. The van der Waals surface area contributed by atoms with Crippen LogP contribution in [0.3, 0.4) is 0 Å². The van der Waals surface area contributed by atoms with Crippen LogP contribution in [0.2, 0.25) is 0 Å². The summed E-state index contributed by atoms with van der Waals surface area (Å²) in [6.07, 6.45) is -0.361. The molecule has 0 spiro atoms. The van der Waals surface area contributed by atoms with Crippen LogP contribution in [-0.2, 0) is 9.53 Å². The van der Waals surface area contributed by atoms with Crippen molar-refractivity contribution in [2.24, 2.45) is 0 Å². The number of carbonyl (C=O) groups excluding carboxylic acids is 1. The van der Waals surface area contributed by atoms with Crippen LogP contribution in [-0.4, -0.2) is 38.4 Å². The lowest BCUT2D eigenvalue weighted by atomic mass is 9.98. The number of halogens is 1. The summed E-state index contributed by atoms with van der Waals surface area (Å²) in [5.74, 6) is -0.762. The zero-order chi connectivity index (χ0) is 15.1. The fourth-order valence-electron chi connectivity index (χ4n) is 1.93. The van der Waals surface area contributed by atoms with Crippen molar-refractivity contribution >= 4 is 5.97 Å². The van der Waals surface area contributed by atoms with Crippen molar-refractivity contribution in [3.63, 3.8) is 0 Å². The number of benzene rings is 1. The van der Waals surface area contributed by atoms with Gasteiger partial charge in [0.15, 0.2) is 11.6 Å². The summed E-state index contributed by atoms with van der Waals surface area (Å²) in [4.78, 5) is 11.1. The highest BCUT2D eigenvalue weighted by Gasteiger charge is 2.21. The molecule has 0 radical (unpaired) electrons. The number of esters is 1. The monoisotopic (exact) mass is 285 g/mol. The Hall–Kier alpha value is -1.66. The molecule has 1 aromatic carbocycles. The summed E-state index contributed by atoms with van der Waals surface area (Å²) in [5, 5.41) is 13.1. The number of aliphatic hydroxyl groups excluding tert-OH is 1. The topological polar surface area (TPSA) is 67.8 Å². The van der Waals surface area contributed by atoms with Gasteiger partial charge in [-0.15, -0.1) is 0 Å². The van der Waals surface area contributed by atoms with Gasteiger partial charge in [-0.1, -0.05) is 6.07 Å². The number of nitrogens with one attached hydrogen (secondary N) is 1. The van der Waals surface area contributed by atoms with Crippen LogP contribution in [0.1, 0.15) is 24.5 Å². The third-order valence-corrected chi connectivity index (χ3v) is 3.16. The van der Waals surface area contributed by atoms with Crippen LogP contribution >= 0.6 is 0 Å². The van der Waals surface area contributed by atoms with Gasteiger partial charge in [0.1, 0.15) is 0 Å². The van der Waals surface area contributed by atoms with E-state index in [0.29, 0.717) is 12.0 Å². The average Bonchev–Trinajstić information content (AvgIpc) is 2.47. The Morgan fingerprint density at radius 3 is 2.65 bits per heavy atom.